The number of rotatable bonds is 4. The van der Waals surface area contributed by atoms with E-state index in [2.05, 4.69) is 17.6 Å². The van der Waals surface area contributed by atoms with E-state index in [1.165, 1.54) is 19.4 Å². The summed E-state index contributed by atoms with van der Waals surface area (Å²) in [6.45, 7) is 4.22. The largest absolute Gasteiger partial charge is 0.401 e. The Kier molecular flexibility index (Phi) is 3.94. The molecule has 1 saturated heterocycles. The average molecular weight is 169 g/mol. The summed E-state index contributed by atoms with van der Waals surface area (Å²) in [4.78, 5) is 0. The number of nitrogens with one attached hydrogen (secondary N) is 2. The highest BCUT2D eigenvalue weighted by atomic mass is 15.0. The molecular formula is C9H19N3. The molecule has 12 heavy (non-hydrogen) atoms. The molecule has 1 rings (SSSR count). The third kappa shape index (κ3) is 3.13. The molecule has 0 unspecified atom stereocenters. The third-order valence-corrected chi connectivity index (χ3v) is 2.22. The quantitative estimate of drug-likeness (QED) is 0.575. The van der Waals surface area contributed by atoms with Crippen LogP contribution in [0.25, 0.3) is 0 Å². The minimum absolute atomic E-state index is 0.644. The summed E-state index contributed by atoms with van der Waals surface area (Å²) in [5.74, 6) is 0. The number of nitrogens with two attached hydrogens (primary N) is 1. The SMILES string of the molecule is CC/C(N)=C/NC[C@H]1CCCN1. The van der Waals surface area contributed by atoms with Crippen molar-refractivity contribution in [2.24, 2.45) is 5.73 Å². The van der Waals surface area contributed by atoms with E-state index in [1.54, 1.807) is 0 Å². The van der Waals surface area contributed by atoms with E-state index in [0.717, 1.165) is 18.7 Å². The van der Waals surface area contributed by atoms with Crippen LogP contribution in [0.4, 0.5) is 0 Å². The number of allylic oxidation sites excluding steroid dienone is 1. The van der Waals surface area contributed by atoms with E-state index in [1.807, 2.05) is 6.20 Å². The highest BCUT2D eigenvalue weighted by molar-refractivity contribution is 4.94. The van der Waals surface area contributed by atoms with Crippen molar-refractivity contribution in [1.29, 1.82) is 0 Å². The van der Waals surface area contributed by atoms with Crippen molar-refractivity contribution in [2.75, 3.05) is 13.1 Å². The number of hydrogen-bond acceptors (Lipinski definition) is 3. The van der Waals surface area contributed by atoms with E-state index < -0.39 is 0 Å². The zero-order chi connectivity index (χ0) is 8.81. The Morgan fingerprint density at radius 3 is 3.17 bits per heavy atom. The Morgan fingerprint density at radius 2 is 2.58 bits per heavy atom. The molecule has 0 aromatic carbocycles. The lowest BCUT2D eigenvalue weighted by atomic mass is 10.2. The molecule has 3 heteroatoms. The molecule has 1 fully saturated rings. The molecule has 0 spiro atoms. The van der Waals surface area contributed by atoms with Crippen LogP contribution in [-0.4, -0.2) is 19.1 Å². The monoisotopic (exact) mass is 169 g/mol. The molecule has 0 amide bonds. The van der Waals surface area contributed by atoms with Crippen LogP contribution in [0.1, 0.15) is 26.2 Å². The number of hydrogen-bond donors (Lipinski definition) is 3. The van der Waals surface area contributed by atoms with Crippen molar-refractivity contribution in [3.63, 3.8) is 0 Å². The van der Waals surface area contributed by atoms with E-state index in [-0.39, 0.29) is 0 Å². The fraction of sp³-hybridized carbons (Fsp3) is 0.778. The van der Waals surface area contributed by atoms with Gasteiger partial charge in [-0.2, -0.15) is 0 Å². The third-order valence-electron chi connectivity index (χ3n) is 2.22. The highest BCUT2D eigenvalue weighted by Gasteiger charge is 2.11. The van der Waals surface area contributed by atoms with Crippen LogP contribution >= 0.6 is 0 Å². The zero-order valence-corrected chi connectivity index (χ0v) is 7.77. The van der Waals surface area contributed by atoms with E-state index in [0.29, 0.717) is 6.04 Å². The second kappa shape index (κ2) is 5.04. The van der Waals surface area contributed by atoms with Gasteiger partial charge in [0.25, 0.3) is 0 Å². The van der Waals surface area contributed by atoms with Gasteiger partial charge < -0.3 is 16.4 Å². The lowest BCUT2D eigenvalue weighted by Gasteiger charge is -2.09. The first-order chi connectivity index (χ1) is 5.83. The molecule has 0 aromatic heterocycles. The van der Waals surface area contributed by atoms with Crippen molar-refractivity contribution in [3.8, 4) is 0 Å². The van der Waals surface area contributed by atoms with Gasteiger partial charge in [0.05, 0.1) is 0 Å². The molecule has 4 N–H and O–H groups in total. The van der Waals surface area contributed by atoms with Gasteiger partial charge in [-0.1, -0.05) is 6.92 Å². The Balaban J connectivity index is 2.08. The van der Waals surface area contributed by atoms with Crippen molar-refractivity contribution in [2.45, 2.75) is 32.2 Å². The van der Waals surface area contributed by atoms with Crippen LogP contribution in [0.15, 0.2) is 11.9 Å². The van der Waals surface area contributed by atoms with Crippen LogP contribution in [-0.2, 0) is 0 Å². The summed E-state index contributed by atoms with van der Waals surface area (Å²) in [6, 6.07) is 0.644. The van der Waals surface area contributed by atoms with Gasteiger partial charge in [0.1, 0.15) is 0 Å². The Labute approximate surface area is 74.4 Å². The van der Waals surface area contributed by atoms with Crippen LogP contribution in [0.5, 0.6) is 0 Å². The molecule has 1 aliphatic rings. The Morgan fingerprint density at radius 1 is 1.75 bits per heavy atom. The molecule has 0 saturated carbocycles. The maximum atomic E-state index is 5.64. The van der Waals surface area contributed by atoms with Crippen molar-refractivity contribution >= 4 is 0 Å². The summed E-state index contributed by atoms with van der Waals surface area (Å²) in [5.41, 5.74) is 6.56. The molecule has 70 valence electrons. The van der Waals surface area contributed by atoms with Gasteiger partial charge in [-0.05, 0) is 25.8 Å². The molecule has 1 atom stereocenters. The van der Waals surface area contributed by atoms with Crippen LogP contribution in [0.3, 0.4) is 0 Å². The van der Waals surface area contributed by atoms with Crippen molar-refractivity contribution in [1.82, 2.24) is 10.6 Å². The zero-order valence-electron chi connectivity index (χ0n) is 7.77. The molecule has 0 radical (unpaired) electrons. The second-order valence-corrected chi connectivity index (χ2v) is 3.27. The maximum Gasteiger partial charge on any atom is 0.0296 e. The summed E-state index contributed by atoms with van der Waals surface area (Å²) in [6.07, 6.45) is 5.43. The fourth-order valence-electron chi connectivity index (χ4n) is 1.37. The lowest BCUT2D eigenvalue weighted by molar-refractivity contribution is 0.578. The fourth-order valence-corrected chi connectivity index (χ4v) is 1.37. The average Bonchev–Trinajstić information content (AvgIpc) is 2.57. The van der Waals surface area contributed by atoms with E-state index >= 15 is 0 Å². The van der Waals surface area contributed by atoms with Gasteiger partial charge in [-0.3, -0.25) is 0 Å². The molecule has 1 heterocycles. The minimum atomic E-state index is 0.644. The smallest absolute Gasteiger partial charge is 0.0296 e. The molecule has 0 bridgehead atoms. The standard InChI is InChI=1S/C9H19N3/c1-2-8(10)6-11-7-9-4-3-5-12-9/h6,9,11-12H,2-5,7,10H2,1H3/b8-6-/t9-/m1/s1. The predicted octanol–water partition coefficient (Wildman–Crippen LogP) is 0.538. The second-order valence-electron chi connectivity index (χ2n) is 3.27. The first-order valence-electron chi connectivity index (χ1n) is 4.74. The van der Waals surface area contributed by atoms with Crippen molar-refractivity contribution in [3.05, 3.63) is 11.9 Å². The lowest BCUT2D eigenvalue weighted by Crippen LogP contribution is -2.31. The minimum Gasteiger partial charge on any atom is -0.401 e. The summed E-state index contributed by atoms with van der Waals surface area (Å²) < 4.78 is 0. The van der Waals surface area contributed by atoms with E-state index in [9.17, 15) is 0 Å². The molecule has 0 aromatic rings. The summed E-state index contributed by atoms with van der Waals surface area (Å²) in [7, 11) is 0. The normalized spacial score (nSPS) is 24.4. The Bertz CT molecular complexity index is 148. The van der Waals surface area contributed by atoms with Crippen LogP contribution in [0, 0.1) is 0 Å². The van der Waals surface area contributed by atoms with Gasteiger partial charge in [0.15, 0.2) is 0 Å². The van der Waals surface area contributed by atoms with Crippen LogP contribution < -0.4 is 16.4 Å². The van der Waals surface area contributed by atoms with Gasteiger partial charge in [0, 0.05) is 24.5 Å². The van der Waals surface area contributed by atoms with Crippen molar-refractivity contribution < 1.29 is 0 Å². The highest BCUT2D eigenvalue weighted by Crippen LogP contribution is 2.02. The molecule has 3 nitrogen and oxygen atoms in total. The first-order valence-corrected chi connectivity index (χ1v) is 4.74. The molecule has 0 aliphatic carbocycles. The maximum absolute atomic E-state index is 5.64. The van der Waals surface area contributed by atoms with Gasteiger partial charge >= 0.3 is 0 Å². The Hall–Kier alpha value is -0.700. The van der Waals surface area contributed by atoms with Gasteiger partial charge in [-0.25, -0.2) is 0 Å². The van der Waals surface area contributed by atoms with Gasteiger partial charge in [-0.15, -0.1) is 0 Å². The van der Waals surface area contributed by atoms with Gasteiger partial charge in [0.2, 0.25) is 0 Å². The topological polar surface area (TPSA) is 50.1 Å². The first kappa shape index (κ1) is 9.39. The van der Waals surface area contributed by atoms with E-state index in [4.69, 9.17) is 5.73 Å². The summed E-state index contributed by atoms with van der Waals surface area (Å²) >= 11 is 0. The predicted molar refractivity (Wildman–Crippen MR) is 51.6 cm³/mol. The molecule has 1 aliphatic heterocycles. The summed E-state index contributed by atoms with van der Waals surface area (Å²) in [5, 5.41) is 6.64. The molecular weight excluding hydrogens is 150 g/mol. The van der Waals surface area contributed by atoms with Crippen LogP contribution in [0.2, 0.25) is 0 Å².